The van der Waals surface area contributed by atoms with Crippen LogP contribution in [0.4, 0.5) is 15.3 Å². The van der Waals surface area contributed by atoms with Gasteiger partial charge >= 0.3 is 18.1 Å². The molecular weight excluding hydrogens is 1230 g/mol. The number of carbonyl (C=O) groups excluding carboxylic acids is 9. The molecule has 0 spiro atoms. The second-order valence-electron chi connectivity index (χ2n) is 24.2. The Hall–Kier alpha value is -7.05. The van der Waals surface area contributed by atoms with Gasteiger partial charge in [0.1, 0.15) is 35.7 Å². The first kappa shape index (κ1) is 71.0. The molecule has 2 aromatic carbocycles. The van der Waals surface area contributed by atoms with Crippen LogP contribution in [0, 0.1) is 24.7 Å². The predicted octanol–water partition coefficient (Wildman–Crippen LogP) is 7.58. The zero-order valence-corrected chi connectivity index (χ0v) is 54.8. The average Bonchev–Trinajstić information content (AvgIpc) is 1.58. The van der Waals surface area contributed by atoms with E-state index in [0.717, 1.165) is 16.7 Å². The molecule has 484 valence electrons. The monoisotopic (exact) mass is 1320 g/mol. The van der Waals surface area contributed by atoms with E-state index in [-0.39, 0.29) is 74.0 Å². The zero-order chi connectivity index (χ0) is 65.7. The van der Waals surface area contributed by atoms with Gasteiger partial charge in [0.2, 0.25) is 17.7 Å². The van der Waals surface area contributed by atoms with Crippen LogP contribution in [0.15, 0.2) is 78.4 Å². The number of carbonyl (C=O) groups is 9. The average molecular weight is 1320 g/mol. The van der Waals surface area contributed by atoms with Crippen molar-refractivity contribution in [2.45, 2.75) is 167 Å². The van der Waals surface area contributed by atoms with Crippen LogP contribution in [0.2, 0.25) is 5.02 Å². The number of anilines is 1. The fourth-order valence-corrected chi connectivity index (χ4v) is 11.7. The number of ketones is 2. The lowest BCUT2D eigenvalue weighted by molar-refractivity contribution is -0.158. The first-order valence-electron chi connectivity index (χ1n) is 30.1. The number of fused-ring (bicyclic) bond motifs is 6. The van der Waals surface area contributed by atoms with E-state index in [1.54, 1.807) is 57.3 Å². The van der Waals surface area contributed by atoms with Crippen LogP contribution in [0.3, 0.4) is 0 Å². The molecule has 6 rings (SSSR count). The summed E-state index contributed by atoms with van der Waals surface area (Å²) in [5.41, 5.74) is 6.47. The van der Waals surface area contributed by atoms with Crippen molar-refractivity contribution in [2.24, 2.45) is 23.5 Å². The van der Waals surface area contributed by atoms with Gasteiger partial charge in [-0.15, -0.1) is 0 Å². The van der Waals surface area contributed by atoms with Gasteiger partial charge in [-0.2, -0.15) is 0 Å². The number of aryl methyl sites for hydroxylation is 1. The van der Waals surface area contributed by atoms with Crippen LogP contribution < -0.4 is 31.9 Å². The molecule has 7 N–H and O–H groups in total. The highest BCUT2D eigenvalue weighted by atomic mass is 79.9. The number of rotatable bonds is 25. The predicted molar refractivity (Wildman–Crippen MR) is 340 cm³/mol. The van der Waals surface area contributed by atoms with Crippen LogP contribution in [-0.4, -0.2) is 156 Å². The summed E-state index contributed by atoms with van der Waals surface area (Å²) in [5.74, 6) is -4.55. The first-order chi connectivity index (χ1) is 42.0. The van der Waals surface area contributed by atoms with Gasteiger partial charge in [-0.25, -0.2) is 14.4 Å². The summed E-state index contributed by atoms with van der Waals surface area (Å²) in [6, 6.07) is 8.90. The quantitative estimate of drug-likeness (QED) is 0.0157. The number of epoxide rings is 1. The van der Waals surface area contributed by atoms with Crippen molar-refractivity contribution in [2.75, 3.05) is 44.5 Å². The van der Waals surface area contributed by atoms with Crippen molar-refractivity contribution in [3.8, 4) is 0 Å². The smallest absolute Gasteiger partial charge is 0.409 e. The number of allylic oxidation sites excluding steroid dienone is 3. The van der Waals surface area contributed by atoms with E-state index in [1.165, 1.54) is 36.9 Å². The number of pyridine rings is 1. The lowest BCUT2D eigenvalue weighted by Crippen LogP contribution is -2.63. The van der Waals surface area contributed by atoms with Crippen LogP contribution in [0.1, 0.15) is 127 Å². The van der Waals surface area contributed by atoms with Crippen molar-refractivity contribution in [1.82, 2.24) is 31.2 Å². The number of hydrogen-bond acceptors (Lipinski definition) is 15. The molecule has 0 radical (unpaired) electrons. The third kappa shape index (κ3) is 18.8. The number of Topliss-reactive ketones (excluding diaryl/α,β-unsaturated/α-hetero) is 2. The minimum absolute atomic E-state index is 0.0187. The number of alkyl carbamates (subject to hydrolysis) is 1. The number of halogens is 2. The summed E-state index contributed by atoms with van der Waals surface area (Å²) in [6.45, 7) is 16.7. The fraction of sp³-hybridized carbons (Fsp3) is 0.538. The number of nitrogens with one attached hydrogen (secondary N) is 4. The van der Waals surface area contributed by atoms with Gasteiger partial charge in [0, 0.05) is 92.9 Å². The minimum Gasteiger partial charge on any atom is -0.457 e. The third-order valence-electron chi connectivity index (χ3n) is 17.0. The standard InChI is InChI=1S/C65H86BrClN8O14/c1-36(2)47(32-46(76)18-13-12-14-25-69-58(79)39(5)35-66)59(80)72-49(19-16-26-70-62(68)83)51(77)31-45-23-21-43-30-44(22-24-48(43)71-45)60(81)74(9)41(7)61(82)88-54-33-55(78)75(10)50-29-42(28-38(4)56(50)67)27-37(3)17-15-20-53(86-11)65(85)34-52(87-63(84)73-65)40(6)57-64(54,8)89-57/h15,17,20-24,28-30,36,40-41,47,49,52-54,57,85H,5,12-14,16,18-19,25-27,31-35H2,1-4,6-11H3,(H,69,79)(H,72,80)(H,73,84)(H3,68,70,83)/b20-15+,37-17+/t40-,41+,47+,49+,52+,53-,54+,57+,64+,65+/m1/s1. The molecule has 10 atom stereocenters. The van der Waals surface area contributed by atoms with Crippen LogP contribution in [-0.2, 0) is 60.6 Å². The fourth-order valence-electron chi connectivity index (χ4n) is 11.2. The van der Waals surface area contributed by atoms with E-state index >= 15 is 0 Å². The highest BCUT2D eigenvalue weighted by Crippen LogP contribution is 2.49. The van der Waals surface area contributed by atoms with E-state index in [0.29, 0.717) is 76.9 Å². The molecule has 1 aromatic heterocycles. The van der Waals surface area contributed by atoms with E-state index in [9.17, 15) is 48.3 Å². The van der Waals surface area contributed by atoms with Gasteiger partial charge in [-0.05, 0) is 107 Å². The van der Waals surface area contributed by atoms with E-state index < -0.39 is 95.5 Å². The Morgan fingerprint density at radius 3 is 2.43 bits per heavy atom. The molecule has 2 fully saturated rings. The van der Waals surface area contributed by atoms with Crippen molar-refractivity contribution < 1.29 is 67.2 Å². The number of hydrogen-bond donors (Lipinski definition) is 6. The summed E-state index contributed by atoms with van der Waals surface area (Å²) in [5, 5.41) is 23.9. The Morgan fingerprint density at radius 1 is 1.02 bits per heavy atom. The molecule has 0 saturated carbocycles. The Balaban J connectivity index is 1.15. The van der Waals surface area contributed by atoms with Crippen LogP contribution in [0.25, 0.3) is 10.9 Å². The normalized spacial score (nSPS) is 23.9. The van der Waals surface area contributed by atoms with Crippen LogP contribution in [0.5, 0.6) is 0 Å². The molecule has 2 saturated heterocycles. The molecule has 22 nitrogen and oxygen atoms in total. The number of primary amides is 1. The lowest BCUT2D eigenvalue weighted by Gasteiger charge is -2.42. The Labute approximate surface area is 533 Å². The topological polar surface area (TPSA) is 308 Å². The van der Waals surface area contributed by atoms with Gasteiger partial charge in [-0.3, -0.25) is 39.1 Å². The molecular formula is C65H86BrClN8O14. The number of alkyl halides is 1. The maximum absolute atomic E-state index is 14.5. The SMILES string of the molecule is C=C(CBr)C(=O)NCCCCCC(=O)C[C@H](C(=O)N[C@@H](CCCNC(N)=O)C(=O)Cc1ccc2cc(C(=O)N(C)[C@@H](C)C(=O)O[C@H]3CC(=O)N(C)c4cc(cc(C)c4Cl)C/C(C)=C/C=C/[C@@H](OC)[C@@]4(O)C[C@H](OC(=O)N4)[C@@H](C)[C@@H]4O[C@@]34C)ccc2n1)C(C)C. The Bertz CT molecular complexity index is 3230. The number of benzene rings is 2. The second-order valence-corrected chi connectivity index (χ2v) is 25.1. The number of nitrogens with zero attached hydrogens (tertiary/aromatic N) is 3. The molecule has 0 aliphatic carbocycles. The van der Waals surface area contributed by atoms with Gasteiger partial charge in [0.15, 0.2) is 11.5 Å². The maximum atomic E-state index is 14.5. The summed E-state index contributed by atoms with van der Waals surface area (Å²) < 4.78 is 24.1. The van der Waals surface area contributed by atoms with Gasteiger partial charge in [0.05, 0.1) is 41.2 Å². The van der Waals surface area contributed by atoms with Gasteiger partial charge in [-0.1, -0.05) is 97.2 Å². The maximum Gasteiger partial charge on any atom is 0.409 e. The van der Waals surface area contributed by atoms with Crippen LogP contribution >= 0.6 is 27.5 Å². The zero-order valence-electron chi connectivity index (χ0n) is 52.5. The third-order valence-corrected chi connectivity index (χ3v) is 18.1. The number of aromatic nitrogens is 1. The number of esters is 1. The summed E-state index contributed by atoms with van der Waals surface area (Å²) in [6.07, 6.45) is 2.92. The molecule has 24 heteroatoms. The number of urea groups is 1. The largest absolute Gasteiger partial charge is 0.457 e. The number of nitrogens with two attached hydrogens (primary N) is 1. The number of amides is 7. The Morgan fingerprint density at radius 2 is 1.74 bits per heavy atom. The Kier molecular flexibility index (Phi) is 25.2. The van der Waals surface area contributed by atoms with E-state index in [1.807, 2.05) is 45.9 Å². The van der Waals surface area contributed by atoms with Crippen molar-refractivity contribution in [3.05, 3.63) is 106 Å². The van der Waals surface area contributed by atoms with Crippen molar-refractivity contribution >= 4 is 97.4 Å². The summed E-state index contributed by atoms with van der Waals surface area (Å²) >= 11 is 10.1. The van der Waals surface area contributed by atoms with Crippen molar-refractivity contribution in [1.29, 1.82) is 0 Å². The van der Waals surface area contributed by atoms with E-state index in [4.69, 9.17) is 41.3 Å². The number of methoxy groups -OCH3 is 1. The lowest BCUT2D eigenvalue weighted by atomic mass is 9.83. The highest BCUT2D eigenvalue weighted by molar-refractivity contribution is 9.09. The number of likely N-dealkylation sites (N-methyl/N-ethyl adjacent to an activating group) is 1. The molecule has 3 aromatic rings. The molecule has 3 aliphatic rings. The van der Waals surface area contributed by atoms with Gasteiger partial charge in [0.25, 0.3) is 5.91 Å². The second kappa shape index (κ2) is 31.6. The minimum atomic E-state index is -1.89. The van der Waals surface area contributed by atoms with E-state index in [2.05, 4.69) is 43.8 Å². The number of aliphatic hydroxyl groups is 1. The summed E-state index contributed by atoms with van der Waals surface area (Å²) in [4.78, 5) is 128. The molecule has 89 heavy (non-hydrogen) atoms. The highest BCUT2D eigenvalue weighted by Gasteiger charge is 2.64. The molecule has 7 amide bonds. The van der Waals surface area contributed by atoms with Crippen molar-refractivity contribution in [3.63, 3.8) is 0 Å². The molecule has 4 heterocycles. The molecule has 4 bridgehead atoms. The summed E-state index contributed by atoms with van der Waals surface area (Å²) in [7, 11) is 4.44. The van der Waals surface area contributed by atoms with Gasteiger partial charge < -0.3 is 55.5 Å². The molecule has 3 aliphatic heterocycles. The molecule has 0 unspecified atom stereocenters. The number of ether oxygens (including phenoxy) is 4. The number of unbranched alkanes of at least 4 members (excludes halogenated alkanes) is 2. The first-order valence-corrected chi connectivity index (χ1v) is 31.6.